The minimum absolute atomic E-state index is 0.174. The van der Waals surface area contributed by atoms with Crippen molar-refractivity contribution in [2.24, 2.45) is 5.73 Å². The number of nitrogens with zero attached hydrogens (tertiary/aromatic N) is 1. The highest BCUT2D eigenvalue weighted by molar-refractivity contribution is 7.80. The van der Waals surface area contributed by atoms with Gasteiger partial charge in [-0.15, -0.1) is 0 Å². The first-order chi connectivity index (χ1) is 7.82. The van der Waals surface area contributed by atoms with Crippen LogP contribution in [0.5, 0.6) is 11.5 Å². The number of amides is 1. The highest BCUT2D eigenvalue weighted by Crippen LogP contribution is 2.21. The lowest BCUT2D eigenvalue weighted by atomic mass is 10.1. The van der Waals surface area contributed by atoms with Gasteiger partial charge >= 0.3 is 0 Å². The van der Waals surface area contributed by atoms with Crippen molar-refractivity contribution in [1.82, 2.24) is 4.90 Å². The molecular weight excluding hydrogens is 240 g/mol. The van der Waals surface area contributed by atoms with Crippen molar-refractivity contribution in [2.45, 2.75) is 13.0 Å². The molecule has 92 valence electrons. The lowest BCUT2D eigenvalue weighted by Crippen LogP contribution is -2.42. The lowest BCUT2D eigenvalue weighted by Gasteiger charge is -2.24. The third-order valence-corrected chi connectivity index (χ3v) is 2.80. The number of carbonyl (C=O) groups excluding carboxylic acids is 1. The third-order valence-electron chi connectivity index (χ3n) is 2.46. The van der Waals surface area contributed by atoms with E-state index >= 15 is 0 Å². The summed E-state index contributed by atoms with van der Waals surface area (Å²) in [6, 6.07) is 3.28. The summed E-state index contributed by atoms with van der Waals surface area (Å²) < 4.78 is 0. The van der Waals surface area contributed by atoms with Gasteiger partial charge in [0, 0.05) is 18.7 Å². The normalized spacial score (nSPS) is 11.9. The summed E-state index contributed by atoms with van der Waals surface area (Å²) in [6.07, 6.45) is 0. The Morgan fingerprint density at radius 2 is 1.82 bits per heavy atom. The van der Waals surface area contributed by atoms with Crippen LogP contribution in [0.15, 0.2) is 18.2 Å². The Balaban J connectivity index is 3.00. The zero-order valence-corrected chi connectivity index (χ0v) is 10.4. The molecule has 0 spiro atoms. The van der Waals surface area contributed by atoms with Crippen molar-refractivity contribution in [2.75, 3.05) is 7.05 Å². The van der Waals surface area contributed by atoms with E-state index in [1.54, 1.807) is 14.0 Å². The van der Waals surface area contributed by atoms with Gasteiger partial charge < -0.3 is 20.8 Å². The zero-order chi connectivity index (χ0) is 13.2. The Labute approximate surface area is 104 Å². The number of hydrogen-bond donors (Lipinski definition) is 3. The van der Waals surface area contributed by atoms with E-state index in [-0.39, 0.29) is 28.0 Å². The standard InChI is InChI=1S/C11H14N2O3S/c1-6(10(12)17)13(2)11(16)7-3-8(14)5-9(15)4-7/h3-6,14-15H,1-2H3,(H2,12,17). The quantitative estimate of drug-likeness (QED) is 0.696. The molecule has 0 bridgehead atoms. The Morgan fingerprint density at radius 1 is 1.35 bits per heavy atom. The van der Waals surface area contributed by atoms with Gasteiger partial charge in [0.05, 0.1) is 11.0 Å². The van der Waals surface area contributed by atoms with E-state index in [0.29, 0.717) is 0 Å². The minimum atomic E-state index is -0.401. The molecule has 4 N–H and O–H groups in total. The van der Waals surface area contributed by atoms with Crippen molar-refractivity contribution in [3.8, 4) is 11.5 Å². The summed E-state index contributed by atoms with van der Waals surface area (Å²) in [7, 11) is 1.55. The number of likely N-dealkylation sites (N-methyl/N-ethyl adjacent to an activating group) is 1. The first-order valence-corrected chi connectivity index (χ1v) is 5.33. The molecule has 0 aliphatic heterocycles. The molecule has 17 heavy (non-hydrogen) atoms. The van der Waals surface area contributed by atoms with Gasteiger partial charge in [-0.05, 0) is 19.1 Å². The van der Waals surface area contributed by atoms with Gasteiger partial charge in [0.1, 0.15) is 11.5 Å². The summed E-state index contributed by atoms with van der Waals surface area (Å²) in [6.45, 7) is 1.70. The van der Waals surface area contributed by atoms with Gasteiger partial charge in [-0.3, -0.25) is 4.79 Å². The SMILES string of the molecule is CC(C(N)=S)N(C)C(=O)c1cc(O)cc(O)c1. The molecule has 0 aliphatic rings. The molecule has 1 amide bonds. The highest BCUT2D eigenvalue weighted by atomic mass is 32.1. The van der Waals surface area contributed by atoms with E-state index in [1.165, 1.54) is 17.0 Å². The lowest BCUT2D eigenvalue weighted by molar-refractivity contribution is 0.0778. The van der Waals surface area contributed by atoms with E-state index in [0.717, 1.165) is 6.07 Å². The highest BCUT2D eigenvalue weighted by Gasteiger charge is 2.20. The maximum absolute atomic E-state index is 12.0. The van der Waals surface area contributed by atoms with Crippen molar-refractivity contribution < 1.29 is 15.0 Å². The van der Waals surface area contributed by atoms with Crippen LogP contribution in [-0.4, -0.2) is 39.1 Å². The number of phenols is 2. The Morgan fingerprint density at radius 3 is 2.24 bits per heavy atom. The molecule has 6 heteroatoms. The molecule has 5 nitrogen and oxygen atoms in total. The van der Waals surface area contributed by atoms with Crippen molar-refractivity contribution >= 4 is 23.1 Å². The molecular formula is C11H14N2O3S. The summed E-state index contributed by atoms with van der Waals surface area (Å²) in [5, 5.41) is 18.6. The Kier molecular flexibility index (Phi) is 3.90. The summed E-state index contributed by atoms with van der Waals surface area (Å²) in [4.78, 5) is 13.5. The van der Waals surface area contributed by atoms with Crippen LogP contribution in [0.25, 0.3) is 0 Å². The number of thiocarbonyl (C=S) groups is 1. The third kappa shape index (κ3) is 3.07. The Hall–Kier alpha value is -1.82. The van der Waals surface area contributed by atoms with Gasteiger partial charge in [0.2, 0.25) is 0 Å². The number of phenolic OH excluding ortho intramolecular Hbond substituents is 2. The van der Waals surface area contributed by atoms with Gasteiger partial charge in [-0.2, -0.15) is 0 Å². The van der Waals surface area contributed by atoms with E-state index in [2.05, 4.69) is 0 Å². The Bertz CT molecular complexity index is 442. The second-order valence-electron chi connectivity index (χ2n) is 3.73. The smallest absolute Gasteiger partial charge is 0.254 e. The fraction of sp³-hybridized carbons (Fsp3) is 0.273. The van der Waals surface area contributed by atoms with Crippen LogP contribution >= 0.6 is 12.2 Å². The number of hydrogen-bond acceptors (Lipinski definition) is 4. The average molecular weight is 254 g/mol. The van der Waals surface area contributed by atoms with Crippen LogP contribution in [0.3, 0.4) is 0 Å². The van der Waals surface area contributed by atoms with Gasteiger partial charge in [0.15, 0.2) is 0 Å². The predicted octanol–water partition coefficient (Wildman–Crippen LogP) is 0.844. The van der Waals surface area contributed by atoms with Crippen LogP contribution < -0.4 is 5.73 Å². The molecule has 0 saturated heterocycles. The molecule has 0 aromatic heterocycles. The second-order valence-corrected chi connectivity index (χ2v) is 4.20. The topological polar surface area (TPSA) is 86.8 Å². The largest absolute Gasteiger partial charge is 0.508 e. The van der Waals surface area contributed by atoms with Crippen molar-refractivity contribution in [1.29, 1.82) is 0 Å². The first kappa shape index (κ1) is 13.2. The molecule has 0 heterocycles. The number of benzene rings is 1. The molecule has 1 aromatic rings. The maximum atomic E-state index is 12.0. The average Bonchev–Trinajstić information content (AvgIpc) is 2.24. The molecule has 0 radical (unpaired) electrons. The summed E-state index contributed by atoms with van der Waals surface area (Å²) in [5.74, 6) is -0.731. The molecule has 1 aromatic carbocycles. The van der Waals surface area contributed by atoms with Crippen LogP contribution in [0.4, 0.5) is 0 Å². The molecule has 0 saturated carbocycles. The number of carbonyl (C=O) groups is 1. The second kappa shape index (κ2) is 5.01. The van der Waals surface area contributed by atoms with E-state index in [4.69, 9.17) is 18.0 Å². The molecule has 0 aliphatic carbocycles. The van der Waals surface area contributed by atoms with Crippen LogP contribution in [0, 0.1) is 0 Å². The summed E-state index contributed by atoms with van der Waals surface area (Å²) >= 11 is 4.80. The van der Waals surface area contributed by atoms with Crippen molar-refractivity contribution in [3.05, 3.63) is 23.8 Å². The predicted molar refractivity (Wildman–Crippen MR) is 68.1 cm³/mol. The molecule has 1 unspecified atom stereocenters. The van der Waals surface area contributed by atoms with E-state index in [1.807, 2.05) is 0 Å². The van der Waals surface area contributed by atoms with Crippen molar-refractivity contribution in [3.63, 3.8) is 0 Å². The number of rotatable bonds is 3. The van der Waals surface area contributed by atoms with E-state index in [9.17, 15) is 15.0 Å². The minimum Gasteiger partial charge on any atom is -0.508 e. The van der Waals surface area contributed by atoms with Crippen LogP contribution in [-0.2, 0) is 0 Å². The zero-order valence-electron chi connectivity index (χ0n) is 9.54. The molecule has 1 rings (SSSR count). The monoisotopic (exact) mass is 254 g/mol. The van der Waals surface area contributed by atoms with Crippen LogP contribution in [0.1, 0.15) is 17.3 Å². The fourth-order valence-electron chi connectivity index (χ4n) is 1.29. The molecule has 0 fully saturated rings. The first-order valence-electron chi connectivity index (χ1n) is 4.92. The van der Waals surface area contributed by atoms with Gasteiger partial charge in [-0.25, -0.2) is 0 Å². The van der Waals surface area contributed by atoms with Gasteiger partial charge in [0.25, 0.3) is 5.91 Å². The molecule has 1 atom stereocenters. The maximum Gasteiger partial charge on any atom is 0.254 e. The van der Waals surface area contributed by atoms with Crippen LogP contribution in [0.2, 0.25) is 0 Å². The number of aromatic hydroxyl groups is 2. The number of nitrogens with two attached hydrogens (primary N) is 1. The fourth-order valence-corrected chi connectivity index (χ4v) is 1.45. The summed E-state index contributed by atoms with van der Waals surface area (Å²) in [5.41, 5.74) is 5.63. The van der Waals surface area contributed by atoms with Gasteiger partial charge in [-0.1, -0.05) is 12.2 Å². The van der Waals surface area contributed by atoms with E-state index < -0.39 is 6.04 Å².